The number of anilines is 4. The molecule has 2 N–H and O–H groups in total. The summed E-state index contributed by atoms with van der Waals surface area (Å²) >= 11 is 0. The Balaban J connectivity index is 1.29. The summed E-state index contributed by atoms with van der Waals surface area (Å²) in [4.78, 5) is 24.2. The molecule has 0 spiro atoms. The van der Waals surface area contributed by atoms with Crippen LogP contribution in [0, 0.1) is 6.92 Å². The van der Waals surface area contributed by atoms with E-state index in [-0.39, 0.29) is 5.91 Å². The highest BCUT2D eigenvalue weighted by atomic mass is 16.5. The van der Waals surface area contributed by atoms with E-state index in [1.54, 1.807) is 0 Å². The lowest BCUT2D eigenvalue weighted by Gasteiger charge is -2.27. The number of hydrogen-bond donors (Lipinski definition) is 2. The minimum atomic E-state index is -0.130. The molecular weight excluding hydrogens is 414 g/mol. The molecule has 4 aromatic rings. The number of carbonyl (C=O) groups is 1. The van der Waals surface area contributed by atoms with Crippen molar-refractivity contribution in [3.63, 3.8) is 0 Å². The van der Waals surface area contributed by atoms with E-state index in [2.05, 4.69) is 25.5 Å². The number of aryl methyl sites for hydroxylation is 1. The minimum absolute atomic E-state index is 0.130. The summed E-state index contributed by atoms with van der Waals surface area (Å²) in [6.07, 6.45) is 0. The number of nitrogens with zero attached hydrogens (tertiary/aromatic N) is 3. The average molecular weight is 440 g/mol. The van der Waals surface area contributed by atoms with Gasteiger partial charge in [-0.05, 0) is 48.0 Å². The molecule has 1 aliphatic heterocycles. The number of hydrogen-bond acceptors (Lipinski definition) is 6. The Morgan fingerprint density at radius 2 is 1.64 bits per heavy atom. The number of fused-ring (bicyclic) bond motifs is 1. The molecule has 0 saturated carbocycles. The maximum absolute atomic E-state index is 12.9. The van der Waals surface area contributed by atoms with Crippen LogP contribution in [0.3, 0.4) is 0 Å². The molecule has 0 radical (unpaired) electrons. The molecule has 1 aromatic heterocycles. The lowest BCUT2D eigenvalue weighted by Crippen LogP contribution is -2.37. The quantitative estimate of drug-likeness (QED) is 0.466. The molecule has 33 heavy (non-hydrogen) atoms. The predicted octanol–water partition coefficient (Wildman–Crippen LogP) is 4.77. The van der Waals surface area contributed by atoms with Crippen LogP contribution in [-0.4, -0.2) is 42.2 Å². The molecule has 0 atom stereocenters. The molecule has 7 nitrogen and oxygen atoms in total. The van der Waals surface area contributed by atoms with Crippen LogP contribution < -0.4 is 15.5 Å². The number of carbonyl (C=O) groups excluding carboxylic acids is 1. The lowest BCUT2D eigenvalue weighted by atomic mass is 10.0. The Morgan fingerprint density at radius 3 is 2.45 bits per heavy atom. The van der Waals surface area contributed by atoms with E-state index < -0.39 is 0 Å². The van der Waals surface area contributed by atoms with Crippen LogP contribution >= 0.6 is 0 Å². The van der Waals surface area contributed by atoms with Crippen molar-refractivity contribution in [2.45, 2.75) is 6.92 Å². The number of rotatable bonds is 5. The van der Waals surface area contributed by atoms with Crippen LogP contribution in [0.1, 0.15) is 16.1 Å². The molecule has 1 saturated heterocycles. The predicted molar refractivity (Wildman–Crippen MR) is 131 cm³/mol. The molecule has 0 bridgehead atoms. The van der Waals surface area contributed by atoms with Crippen LogP contribution in [0.15, 0.2) is 72.8 Å². The van der Waals surface area contributed by atoms with Crippen molar-refractivity contribution in [3.05, 3.63) is 84.1 Å². The highest BCUT2D eigenvalue weighted by Crippen LogP contribution is 2.23. The summed E-state index contributed by atoms with van der Waals surface area (Å²) in [6.45, 7) is 4.91. The second kappa shape index (κ2) is 9.26. The van der Waals surface area contributed by atoms with Crippen molar-refractivity contribution in [1.29, 1.82) is 0 Å². The Kier molecular flexibility index (Phi) is 5.87. The van der Waals surface area contributed by atoms with E-state index in [0.29, 0.717) is 24.7 Å². The zero-order chi connectivity index (χ0) is 22.6. The van der Waals surface area contributed by atoms with E-state index in [9.17, 15) is 4.79 Å². The van der Waals surface area contributed by atoms with Crippen molar-refractivity contribution >= 4 is 39.8 Å². The van der Waals surface area contributed by atoms with Gasteiger partial charge >= 0.3 is 0 Å². The molecule has 166 valence electrons. The van der Waals surface area contributed by atoms with E-state index in [0.717, 1.165) is 46.7 Å². The second-order valence-corrected chi connectivity index (χ2v) is 7.98. The smallest absolute Gasteiger partial charge is 0.256 e. The molecule has 5 rings (SSSR count). The van der Waals surface area contributed by atoms with Gasteiger partial charge < -0.3 is 20.3 Å². The third-order valence-corrected chi connectivity index (χ3v) is 5.59. The zero-order valence-electron chi connectivity index (χ0n) is 18.4. The van der Waals surface area contributed by atoms with Gasteiger partial charge in [-0.25, -0.2) is 4.98 Å². The summed E-state index contributed by atoms with van der Waals surface area (Å²) in [5, 5.41) is 8.31. The first kappa shape index (κ1) is 20.9. The number of nitrogens with one attached hydrogen (secondary N) is 2. The fourth-order valence-corrected chi connectivity index (χ4v) is 3.93. The number of morpholine rings is 1. The normalized spacial score (nSPS) is 13.7. The Hall–Kier alpha value is -3.97. The fraction of sp³-hybridized carbons (Fsp3) is 0.192. The fourth-order valence-electron chi connectivity index (χ4n) is 3.93. The van der Waals surface area contributed by atoms with Crippen molar-refractivity contribution in [1.82, 2.24) is 9.97 Å². The standard InChI is InChI=1S/C26H25N5O2/c1-18-17-24(30-26(27-18)31-13-15-33-16-14-31)28-20-9-11-21(12-10-20)29-25(32)23-8-4-6-19-5-2-3-7-22(19)23/h2-12,17H,13-16H2,1H3,(H,29,32)(H,27,28,30). The van der Waals surface area contributed by atoms with Gasteiger partial charge in [-0.15, -0.1) is 0 Å². The van der Waals surface area contributed by atoms with Gasteiger partial charge in [0, 0.05) is 41.8 Å². The molecule has 7 heteroatoms. The largest absolute Gasteiger partial charge is 0.378 e. The molecular formula is C26H25N5O2. The third-order valence-electron chi connectivity index (χ3n) is 5.59. The first-order valence-corrected chi connectivity index (χ1v) is 11.0. The van der Waals surface area contributed by atoms with Gasteiger partial charge in [0.05, 0.1) is 13.2 Å². The third kappa shape index (κ3) is 4.78. The first-order valence-electron chi connectivity index (χ1n) is 11.0. The summed E-state index contributed by atoms with van der Waals surface area (Å²) in [6, 6.07) is 23.2. The number of amides is 1. The molecule has 1 fully saturated rings. The van der Waals surface area contributed by atoms with Gasteiger partial charge in [0.2, 0.25) is 5.95 Å². The Labute approximate surface area is 192 Å². The van der Waals surface area contributed by atoms with E-state index in [1.807, 2.05) is 79.7 Å². The maximum Gasteiger partial charge on any atom is 0.256 e. The van der Waals surface area contributed by atoms with Crippen LogP contribution in [0.2, 0.25) is 0 Å². The summed E-state index contributed by atoms with van der Waals surface area (Å²) in [7, 11) is 0. The summed E-state index contributed by atoms with van der Waals surface area (Å²) in [5.74, 6) is 1.31. The number of ether oxygens (including phenoxy) is 1. The van der Waals surface area contributed by atoms with Gasteiger partial charge in [-0.2, -0.15) is 4.98 Å². The van der Waals surface area contributed by atoms with Gasteiger partial charge in [0.25, 0.3) is 5.91 Å². The zero-order valence-corrected chi connectivity index (χ0v) is 18.4. The average Bonchev–Trinajstić information content (AvgIpc) is 2.85. The first-order chi connectivity index (χ1) is 16.2. The Morgan fingerprint density at radius 1 is 0.909 bits per heavy atom. The summed E-state index contributed by atoms with van der Waals surface area (Å²) in [5.41, 5.74) is 3.16. The highest BCUT2D eigenvalue weighted by Gasteiger charge is 2.15. The molecule has 0 unspecified atom stereocenters. The number of aromatic nitrogens is 2. The van der Waals surface area contributed by atoms with Crippen LogP contribution in [-0.2, 0) is 4.74 Å². The highest BCUT2D eigenvalue weighted by molar-refractivity contribution is 6.12. The van der Waals surface area contributed by atoms with Crippen molar-refractivity contribution in [2.24, 2.45) is 0 Å². The van der Waals surface area contributed by atoms with Crippen LogP contribution in [0.5, 0.6) is 0 Å². The topological polar surface area (TPSA) is 79.4 Å². The molecule has 2 heterocycles. The van der Waals surface area contributed by atoms with Gasteiger partial charge in [-0.1, -0.05) is 36.4 Å². The molecule has 1 aliphatic rings. The monoisotopic (exact) mass is 439 g/mol. The maximum atomic E-state index is 12.9. The van der Waals surface area contributed by atoms with Gasteiger partial charge in [0.1, 0.15) is 5.82 Å². The SMILES string of the molecule is Cc1cc(Nc2ccc(NC(=O)c3cccc4ccccc34)cc2)nc(N2CCOCC2)n1. The van der Waals surface area contributed by atoms with Crippen molar-refractivity contribution in [3.8, 4) is 0 Å². The van der Waals surface area contributed by atoms with Crippen molar-refractivity contribution in [2.75, 3.05) is 41.8 Å². The summed E-state index contributed by atoms with van der Waals surface area (Å²) < 4.78 is 5.42. The van der Waals surface area contributed by atoms with Crippen LogP contribution in [0.25, 0.3) is 10.8 Å². The molecule has 1 amide bonds. The number of benzene rings is 3. The van der Waals surface area contributed by atoms with Crippen molar-refractivity contribution < 1.29 is 9.53 Å². The van der Waals surface area contributed by atoms with E-state index in [4.69, 9.17) is 4.74 Å². The van der Waals surface area contributed by atoms with Gasteiger partial charge in [0.15, 0.2) is 0 Å². The van der Waals surface area contributed by atoms with Crippen LogP contribution in [0.4, 0.5) is 23.1 Å². The lowest BCUT2D eigenvalue weighted by molar-refractivity contribution is 0.102. The van der Waals surface area contributed by atoms with E-state index >= 15 is 0 Å². The molecule has 0 aliphatic carbocycles. The van der Waals surface area contributed by atoms with Gasteiger partial charge in [-0.3, -0.25) is 4.79 Å². The second-order valence-electron chi connectivity index (χ2n) is 7.98. The Bertz CT molecular complexity index is 1280. The van der Waals surface area contributed by atoms with E-state index in [1.165, 1.54) is 0 Å². The minimum Gasteiger partial charge on any atom is -0.378 e. The molecule has 3 aromatic carbocycles.